The molecule has 2 aromatic heterocycles. The maximum absolute atomic E-state index is 12.1. The molecular weight excluding hydrogens is 230 g/mol. The van der Waals surface area contributed by atoms with E-state index in [4.69, 9.17) is 4.74 Å². The van der Waals surface area contributed by atoms with Crippen LogP contribution in [0.3, 0.4) is 0 Å². The molecule has 0 aromatic carbocycles. The van der Waals surface area contributed by atoms with Gasteiger partial charge in [-0.15, -0.1) is 0 Å². The summed E-state index contributed by atoms with van der Waals surface area (Å²) in [6.07, 6.45) is 10.4. The summed E-state index contributed by atoms with van der Waals surface area (Å²) in [6.45, 7) is 0.833. The first-order chi connectivity index (χ1) is 8.84. The zero-order valence-corrected chi connectivity index (χ0v) is 10.1. The Morgan fingerprint density at radius 2 is 2.44 bits per heavy atom. The van der Waals surface area contributed by atoms with Crippen LogP contribution in [-0.4, -0.2) is 33.1 Å². The second kappa shape index (κ2) is 4.86. The number of ketones is 1. The van der Waals surface area contributed by atoms with Gasteiger partial charge in [0, 0.05) is 25.4 Å². The van der Waals surface area contributed by atoms with Crippen molar-refractivity contribution in [2.24, 2.45) is 0 Å². The third kappa shape index (κ3) is 2.13. The van der Waals surface area contributed by atoms with E-state index >= 15 is 0 Å². The summed E-state index contributed by atoms with van der Waals surface area (Å²) in [5.74, 6) is 0.119. The van der Waals surface area contributed by atoms with Crippen molar-refractivity contribution in [3.63, 3.8) is 0 Å². The van der Waals surface area contributed by atoms with E-state index in [1.165, 1.54) is 0 Å². The van der Waals surface area contributed by atoms with Gasteiger partial charge in [0.15, 0.2) is 5.78 Å². The lowest BCUT2D eigenvalue weighted by atomic mass is 10.0. The van der Waals surface area contributed by atoms with Crippen LogP contribution in [0.4, 0.5) is 0 Å². The molecule has 0 amide bonds. The highest BCUT2D eigenvalue weighted by Crippen LogP contribution is 2.19. The Morgan fingerprint density at radius 1 is 1.50 bits per heavy atom. The van der Waals surface area contributed by atoms with E-state index in [0.717, 1.165) is 31.4 Å². The molecule has 0 bridgehead atoms. The molecule has 0 saturated carbocycles. The quantitative estimate of drug-likeness (QED) is 0.772. The van der Waals surface area contributed by atoms with Crippen molar-refractivity contribution in [3.8, 4) is 0 Å². The molecular formula is C13H15N3O2. The third-order valence-corrected chi connectivity index (χ3v) is 3.34. The average molecular weight is 245 g/mol. The minimum atomic E-state index is 0.119. The molecule has 1 aliphatic heterocycles. The van der Waals surface area contributed by atoms with Crippen molar-refractivity contribution in [1.29, 1.82) is 0 Å². The van der Waals surface area contributed by atoms with Gasteiger partial charge in [-0.25, -0.2) is 4.52 Å². The molecule has 5 heteroatoms. The Balaban J connectivity index is 1.71. The smallest absolute Gasteiger partial charge is 0.166 e. The van der Waals surface area contributed by atoms with E-state index in [0.29, 0.717) is 12.0 Å². The molecule has 0 radical (unpaired) electrons. The van der Waals surface area contributed by atoms with Crippen LogP contribution in [0, 0.1) is 0 Å². The molecule has 1 fully saturated rings. The number of hydrogen-bond donors (Lipinski definition) is 0. The Morgan fingerprint density at radius 3 is 3.28 bits per heavy atom. The van der Waals surface area contributed by atoms with Crippen molar-refractivity contribution < 1.29 is 9.53 Å². The number of Topliss-reactive ketones (excluding diaryl/α,β-unsaturated/α-hetero) is 1. The lowest BCUT2D eigenvalue weighted by molar-refractivity contribution is 0.0860. The fourth-order valence-corrected chi connectivity index (χ4v) is 2.35. The molecule has 1 aliphatic rings. The van der Waals surface area contributed by atoms with E-state index in [-0.39, 0.29) is 11.9 Å². The third-order valence-electron chi connectivity index (χ3n) is 3.34. The lowest BCUT2D eigenvalue weighted by Gasteiger charge is -2.07. The summed E-state index contributed by atoms with van der Waals surface area (Å²) in [7, 11) is 0. The summed E-state index contributed by atoms with van der Waals surface area (Å²) < 4.78 is 7.20. The van der Waals surface area contributed by atoms with Crippen molar-refractivity contribution in [1.82, 2.24) is 14.6 Å². The zero-order chi connectivity index (χ0) is 12.4. The summed E-state index contributed by atoms with van der Waals surface area (Å²) in [4.78, 5) is 16.2. The Bertz CT molecular complexity index is 558. The van der Waals surface area contributed by atoms with Crippen LogP contribution in [0.5, 0.6) is 0 Å². The van der Waals surface area contributed by atoms with Gasteiger partial charge in [0.05, 0.1) is 29.6 Å². The fourth-order valence-electron chi connectivity index (χ4n) is 2.35. The highest BCUT2D eigenvalue weighted by molar-refractivity contribution is 6.01. The minimum Gasteiger partial charge on any atom is -0.378 e. The predicted octanol–water partition coefficient (Wildman–Crippen LogP) is 1.87. The average Bonchev–Trinajstić information content (AvgIpc) is 3.05. The van der Waals surface area contributed by atoms with Gasteiger partial charge in [-0.1, -0.05) is 0 Å². The fraction of sp³-hybridized carbons (Fsp3) is 0.462. The Kier molecular flexibility index (Phi) is 3.06. The van der Waals surface area contributed by atoms with Crippen molar-refractivity contribution in [2.75, 3.05) is 6.61 Å². The zero-order valence-electron chi connectivity index (χ0n) is 10.1. The first-order valence-corrected chi connectivity index (χ1v) is 6.27. The molecule has 2 aromatic rings. The SMILES string of the molecule is O=C(CCC1CCCO1)c1cnn2ccncc12. The maximum Gasteiger partial charge on any atom is 0.166 e. The summed E-state index contributed by atoms with van der Waals surface area (Å²) in [5, 5.41) is 4.14. The van der Waals surface area contributed by atoms with Crippen LogP contribution in [0.15, 0.2) is 24.8 Å². The van der Waals surface area contributed by atoms with Crippen LogP contribution in [-0.2, 0) is 4.74 Å². The van der Waals surface area contributed by atoms with Crippen molar-refractivity contribution in [2.45, 2.75) is 31.8 Å². The summed E-state index contributed by atoms with van der Waals surface area (Å²) in [6, 6.07) is 0. The normalized spacial score (nSPS) is 19.4. The number of nitrogens with zero attached hydrogens (tertiary/aromatic N) is 3. The van der Waals surface area contributed by atoms with Crippen molar-refractivity contribution >= 4 is 11.3 Å². The van der Waals surface area contributed by atoms with E-state index in [1.807, 2.05) is 0 Å². The van der Waals surface area contributed by atoms with Gasteiger partial charge < -0.3 is 4.74 Å². The molecule has 0 N–H and O–H groups in total. The maximum atomic E-state index is 12.1. The number of carbonyl (C=O) groups is 1. The number of carbonyl (C=O) groups excluding carboxylic acids is 1. The largest absolute Gasteiger partial charge is 0.378 e. The van der Waals surface area contributed by atoms with Crippen LogP contribution in [0.1, 0.15) is 36.0 Å². The Hall–Kier alpha value is -1.75. The molecule has 1 unspecified atom stereocenters. The monoisotopic (exact) mass is 245 g/mol. The van der Waals surface area contributed by atoms with Gasteiger partial charge in [-0.05, 0) is 19.3 Å². The molecule has 18 heavy (non-hydrogen) atoms. The lowest BCUT2D eigenvalue weighted by Crippen LogP contribution is -2.08. The number of rotatable bonds is 4. The van der Waals surface area contributed by atoms with Crippen LogP contribution in [0.25, 0.3) is 5.52 Å². The number of aromatic nitrogens is 3. The molecule has 3 heterocycles. The predicted molar refractivity (Wildman–Crippen MR) is 65.5 cm³/mol. The van der Waals surface area contributed by atoms with E-state index in [2.05, 4.69) is 10.1 Å². The van der Waals surface area contributed by atoms with Gasteiger partial charge in [0.25, 0.3) is 0 Å². The highest BCUT2D eigenvalue weighted by Gasteiger charge is 2.19. The number of fused-ring (bicyclic) bond motifs is 1. The second-order valence-electron chi connectivity index (χ2n) is 4.56. The van der Waals surface area contributed by atoms with E-state index in [9.17, 15) is 4.79 Å². The van der Waals surface area contributed by atoms with Gasteiger partial charge in [-0.2, -0.15) is 5.10 Å². The summed E-state index contributed by atoms with van der Waals surface area (Å²) >= 11 is 0. The van der Waals surface area contributed by atoms with Crippen LogP contribution < -0.4 is 0 Å². The second-order valence-corrected chi connectivity index (χ2v) is 4.56. The first-order valence-electron chi connectivity index (χ1n) is 6.27. The highest BCUT2D eigenvalue weighted by atomic mass is 16.5. The standard InChI is InChI=1S/C13H15N3O2/c17-13(4-3-10-2-1-7-18-10)11-8-15-16-6-5-14-9-12(11)16/h5-6,8-10H,1-4,7H2. The molecule has 3 rings (SSSR count). The molecule has 1 saturated heterocycles. The first kappa shape index (κ1) is 11.3. The number of hydrogen-bond acceptors (Lipinski definition) is 4. The minimum absolute atomic E-state index is 0.119. The van der Waals surface area contributed by atoms with Crippen LogP contribution >= 0.6 is 0 Å². The van der Waals surface area contributed by atoms with E-state index < -0.39 is 0 Å². The van der Waals surface area contributed by atoms with Crippen LogP contribution in [0.2, 0.25) is 0 Å². The molecule has 0 spiro atoms. The molecule has 5 nitrogen and oxygen atoms in total. The van der Waals surface area contributed by atoms with Gasteiger partial charge in [-0.3, -0.25) is 9.78 Å². The molecule has 1 atom stereocenters. The van der Waals surface area contributed by atoms with Gasteiger partial charge in [0.2, 0.25) is 0 Å². The topological polar surface area (TPSA) is 56.5 Å². The molecule has 0 aliphatic carbocycles. The summed E-state index contributed by atoms with van der Waals surface area (Å²) in [5.41, 5.74) is 1.43. The van der Waals surface area contributed by atoms with Crippen molar-refractivity contribution in [3.05, 3.63) is 30.4 Å². The molecule has 94 valence electrons. The van der Waals surface area contributed by atoms with Gasteiger partial charge >= 0.3 is 0 Å². The van der Waals surface area contributed by atoms with Gasteiger partial charge in [0.1, 0.15) is 0 Å². The Labute approximate surface area is 105 Å². The number of ether oxygens (including phenoxy) is 1. The van der Waals surface area contributed by atoms with E-state index in [1.54, 1.807) is 29.3 Å².